The van der Waals surface area contributed by atoms with Gasteiger partial charge in [-0.3, -0.25) is 10.2 Å². The van der Waals surface area contributed by atoms with Crippen LogP contribution in [0.3, 0.4) is 0 Å². The van der Waals surface area contributed by atoms with Crippen LogP contribution in [0.2, 0.25) is 0 Å². The number of hydrogen-bond acceptors (Lipinski definition) is 8. The van der Waals surface area contributed by atoms with Gasteiger partial charge in [0.1, 0.15) is 5.75 Å². The fourth-order valence-corrected chi connectivity index (χ4v) is 4.55. The van der Waals surface area contributed by atoms with E-state index in [-0.39, 0.29) is 11.4 Å². The summed E-state index contributed by atoms with van der Waals surface area (Å²) in [5, 5.41) is 15.5. The van der Waals surface area contributed by atoms with Crippen molar-refractivity contribution in [3.8, 4) is 5.75 Å². The highest BCUT2D eigenvalue weighted by Crippen LogP contribution is 2.30. The summed E-state index contributed by atoms with van der Waals surface area (Å²) in [7, 11) is 0. The summed E-state index contributed by atoms with van der Waals surface area (Å²) >= 11 is 1.28. The van der Waals surface area contributed by atoms with Gasteiger partial charge in [-0.2, -0.15) is 10.0 Å². The molecular weight excluding hydrogens is 454 g/mol. The molecule has 34 heavy (non-hydrogen) atoms. The fraction of sp³-hybridized carbons (Fsp3) is 0.208. The highest BCUT2D eigenvalue weighted by atomic mass is 32.2. The predicted molar refractivity (Wildman–Crippen MR) is 130 cm³/mol. The van der Waals surface area contributed by atoms with E-state index in [9.17, 15) is 9.59 Å². The van der Waals surface area contributed by atoms with Gasteiger partial charge in [-0.15, -0.1) is 5.10 Å². The van der Waals surface area contributed by atoms with Crippen LogP contribution in [0.4, 0.5) is 0 Å². The van der Waals surface area contributed by atoms with Gasteiger partial charge in [-0.25, -0.2) is 4.79 Å². The number of thioether (sulfide) groups is 1. The third-order valence-electron chi connectivity index (χ3n) is 5.38. The number of nitrogens with zero attached hydrogens (tertiary/aromatic N) is 4. The number of ether oxygens (including phenoxy) is 2. The first-order valence-corrected chi connectivity index (χ1v) is 11.5. The molecule has 9 nitrogen and oxygen atoms in total. The SMILES string of the molecule is Cc1cccc(C(=O)Oc2ccc(/C=C3/C(=N)N4N=C(N5CCOCC5)SC4=NC3=O)cc2)c1. The second-order valence-electron chi connectivity index (χ2n) is 7.83. The Bertz CT molecular complexity index is 1260. The van der Waals surface area contributed by atoms with Gasteiger partial charge in [-0.1, -0.05) is 29.8 Å². The lowest BCUT2D eigenvalue weighted by molar-refractivity contribution is -0.114. The Kier molecular flexibility index (Phi) is 5.99. The molecule has 3 heterocycles. The van der Waals surface area contributed by atoms with Gasteiger partial charge >= 0.3 is 5.97 Å². The van der Waals surface area contributed by atoms with Crippen LogP contribution in [0.1, 0.15) is 21.5 Å². The summed E-state index contributed by atoms with van der Waals surface area (Å²) in [5.41, 5.74) is 2.26. The van der Waals surface area contributed by atoms with E-state index in [1.807, 2.05) is 13.0 Å². The van der Waals surface area contributed by atoms with Crippen molar-refractivity contribution in [2.24, 2.45) is 10.1 Å². The molecule has 1 saturated heterocycles. The molecule has 1 fully saturated rings. The lowest BCUT2D eigenvalue weighted by Gasteiger charge is -2.26. The number of carbonyl (C=O) groups excluding carboxylic acids is 2. The first-order chi connectivity index (χ1) is 16.5. The van der Waals surface area contributed by atoms with Gasteiger partial charge < -0.3 is 14.4 Å². The molecule has 0 aromatic heterocycles. The molecule has 2 aromatic rings. The van der Waals surface area contributed by atoms with Crippen LogP contribution in [0.15, 0.2) is 64.2 Å². The number of rotatable bonds is 3. The molecule has 0 bridgehead atoms. The maximum atomic E-state index is 12.6. The Morgan fingerprint density at radius 1 is 1.15 bits per heavy atom. The highest BCUT2D eigenvalue weighted by molar-refractivity contribution is 8.26. The quantitative estimate of drug-likeness (QED) is 0.413. The van der Waals surface area contributed by atoms with E-state index in [0.717, 1.165) is 5.56 Å². The normalized spacial score (nSPS) is 19.1. The first-order valence-electron chi connectivity index (χ1n) is 10.7. The zero-order valence-corrected chi connectivity index (χ0v) is 19.2. The molecule has 1 amide bonds. The van der Waals surface area contributed by atoms with Crippen molar-refractivity contribution in [2.45, 2.75) is 6.92 Å². The minimum Gasteiger partial charge on any atom is -0.423 e. The largest absolute Gasteiger partial charge is 0.423 e. The van der Waals surface area contributed by atoms with E-state index >= 15 is 0 Å². The molecule has 2 aromatic carbocycles. The maximum Gasteiger partial charge on any atom is 0.343 e. The molecular formula is C24H21N5O4S. The number of benzene rings is 2. The zero-order chi connectivity index (χ0) is 23.7. The Morgan fingerprint density at radius 3 is 2.65 bits per heavy atom. The Balaban J connectivity index is 1.31. The van der Waals surface area contributed by atoms with Gasteiger partial charge in [0.05, 0.1) is 24.4 Å². The highest BCUT2D eigenvalue weighted by Gasteiger charge is 2.37. The van der Waals surface area contributed by atoms with Crippen LogP contribution in [-0.4, -0.2) is 64.3 Å². The van der Waals surface area contributed by atoms with E-state index in [4.69, 9.17) is 14.9 Å². The second-order valence-corrected chi connectivity index (χ2v) is 8.76. The minimum atomic E-state index is -0.489. The molecule has 3 aliphatic heterocycles. The molecule has 1 N–H and O–H groups in total. The van der Waals surface area contributed by atoms with Crippen molar-refractivity contribution in [1.29, 1.82) is 5.41 Å². The van der Waals surface area contributed by atoms with E-state index < -0.39 is 11.9 Å². The number of nitrogens with one attached hydrogen (secondary N) is 1. The van der Waals surface area contributed by atoms with Crippen LogP contribution >= 0.6 is 11.8 Å². The van der Waals surface area contributed by atoms with Crippen LogP contribution in [0.25, 0.3) is 6.08 Å². The molecule has 0 aliphatic carbocycles. The summed E-state index contributed by atoms with van der Waals surface area (Å²) in [4.78, 5) is 31.2. The van der Waals surface area contributed by atoms with Crippen molar-refractivity contribution in [3.63, 3.8) is 0 Å². The zero-order valence-electron chi connectivity index (χ0n) is 18.4. The van der Waals surface area contributed by atoms with Crippen molar-refractivity contribution in [1.82, 2.24) is 9.91 Å². The van der Waals surface area contributed by atoms with Crippen LogP contribution < -0.4 is 4.74 Å². The van der Waals surface area contributed by atoms with Gasteiger partial charge in [0.2, 0.25) is 5.17 Å². The summed E-state index contributed by atoms with van der Waals surface area (Å²) < 4.78 is 10.8. The number of esters is 1. The summed E-state index contributed by atoms with van der Waals surface area (Å²) in [5.74, 6) is -0.575. The summed E-state index contributed by atoms with van der Waals surface area (Å²) in [6.07, 6.45) is 1.59. The first kappa shape index (κ1) is 22.1. The Morgan fingerprint density at radius 2 is 1.91 bits per heavy atom. The number of hydrazone groups is 1. The molecule has 172 valence electrons. The van der Waals surface area contributed by atoms with E-state index in [1.165, 1.54) is 16.8 Å². The summed E-state index contributed by atoms with van der Waals surface area (Å²) in [6, 6.07) is 13.9. The van der Waals surface area contributed by atoms with E-state index in [0.29, 0.717) is 53.5 Å². The molecule has 0 atom stereocenters. The number of morpholine rings is 1. The standard InChI is InChI=1S/C24H21N5O4S/c1-15-3-2-4-17(13-15)22(31)33-18-7-5-16(6-8-18)14-19-20(25)29-23(26-21(19)30)34-24(27-29)28-9-11-32-12-10-28/h2-8,13-14,25H,9-12H2,1H3/b19-14-,25-20?. The van der Waals surface area contributed by atoms with E-state index in [1.54, 1.807) is 48.5 Å². The predicted octanol–water partition coefficient (Wildman–Crippen LogP) is 3.12. The average Bonchev–Trinajstić information content (AvgIpc) is 3.27. The molecule has 0 spiro atoms. The Hall–Kier alpha value is -3.76. The van der Waals surface area contributed by atoms with Crippen LogP contribution in [0.5, 0.6) is 5.75 Å². The third-order valence-corrected chi connectivity index (χ3v) is 6.35. The summed E-state index contributed by atoms with van der Waals surface area (Å²) in [6.45, 7) is 4.55. The fourth-order valence-electron chi connectivity index (χ4n) is 3.60. The Labute approximate surface area is 200 Å². The van der Waals surface area contributed by atoms with Gasteiger partial charge in [0.25, 0.3) is 5.91 Å². The van der Waals surface area contributed by atoms with Crippen LogP contribution in [0, 0.1) is 12.3 Å². The second kappa shape index (κ2) is 9.24. The van der Waals surface area contributed by atoms with Crippen LogP contribution in [-0.2, 0) is 9.53 Å². The lowest BCUT2D eigenvalue weighted by Crippen LogP contribution is -2.39. The number of amidine groups is 3. The van der Waals surface area contributed by atoms with Crippen molar-refractivity contribution >= 4 is 45.9 Å². The number of hydrogen-bond donors (Lipinski definition) is 1. The van der Waals surface area contributed by atoms with Gasteiger partial charge in [0, 0.05) is 13.1 Å². The van der Waals surface area contributed by atoms with Crippen molar-refractivity contribution in [3.05, 3.63) is 70.8 Å². The number of carbonyl (C=O) groups is 2. The lowest BCUT2D eigenvalue weighted by atomic mass is 10.1. The third kappa shape index (κ3) is 4.50. The topological polar surface area (TPSA) is 108 Å². The number of aryl methyl sites for hydroxylation is 1. The monoisotopic (exact) mass is 475 g/mol. The molecule has 5 rings (SSSR count). The number of aliphatic imine (C=N–C) groups is 1. The smallest absolute Gasteiger partial charge is 0.343 e. The minimum absolute atomic E-state index is 0.0271. The molecule has 3 aliphatic rings. The number of amides is 1. The average molecular weight is 476 g/mol. The van der Waals surface area contributed by atoms with Crippen molar-refractivity contribution in [2.75, 3.05) is 26.3 Å². The van der Waals surface area contributed by atoms with Gasteiger partial charge in [0.15, 0.2) is 11.0 Å². The number of fused-ring (bicyclic) bond motifs is 1. The maximum absolute atomic E-state index is 12.6. The molecule has 0 unspecified atom stereocenters. The molecule has 0 radical (unpaired) electrons. The molecule has 0 saturated carbocycles. The molecule has 10 heteroatoms. The van der Waals surface area contributed by atoms with Crippen molar-refractivity contribution < 1.29 is 19.1 Å². The van der Waals surface area contributed by atoms with E-state index in [2.05, 4.69) is 15.0 Å². The van der Waals surface area contributed by atoms with Gasteiger partial charge in [-0.05, 0) is 54.6 Å².